The van der Waals surface area contributed by atoms with Crippen molar-refractivity contribution in [3.05, 3.63) is 42.2 Å². The van der Waals surface area contributed by atoms with E-state index in [1.54, 1.807) is 7.05 Å². The van der Waals surface area contributed by atoms with E-state index in [9.17, 15) is 4.79 Å². The minimum absolute atomic E-state index is 0.0232. The van der Waals surface area contributed by atoms with Gasteiger partial charge in [-0.15, -0.1) is 0 Å². The Kier molecular flexibility index (Phi) is 4.34. The van der Waals surface area contributed by atoms with Crippen molar-refractivity contribution in [1.82, 2.24) is 20.1 Å². The first-order valence-corrected chi connectivity index (χ1v) is 7.30. The average molecular weight is 301 g/mol. The maximum Gasteiger partial charge on any atom is 0.321 e. The average Bonchev–Trinajstić information content (AvgIpc) is 2.93. The van der Waals surface area contributed by atoms with E-state index in [-0.39, 0.29) is 18.2 Å². The first-order valence-electron chi connectivity index (χ1n) is 7.30. The van der Waals surface area contributed by atoms with Gasteiger partial charge < -0.3 is 10.1 Å². The highest BCUT2D eigenvalue weighted by Gasteiger charge is 2.25. The Hall–Kier alpha value is -2.41. The second kappa shape index (κ2) is 6.57. The Morgan fingerprint density at radius 3 is 2.91 bits per heavy atom. The second-order valence-corrected chi connectivity index (χ2v) is 5.30. The van der Waals surface area contributed by atoms with Crippen molar-refractivity contribution in [2.45, 2.75) is 25.0 Å². The van der Waals surface area contributed by atoms with Crippen molar-refractivity contribution < 1.29 is 9.53 Å². The van der Waals surface area contributed by atoms with Gasteiger partial charge in [-0.2, -0.15) is 10.1 Å². The van der Waals surface area contributed by atoms with Gasteiger partial charge in [-0.25, -0.2) is 9.48 Å². The number of aryl methyl sites for hydroxylation is 1. The lowest BCUT2D eigenvalue weighted by Gasteiger charge is -2.30. The normalized spacial score (nSPS) is 21.3. The minimum atomic E-state index is -0.269. The number of amides is 2. The summed E-state index contributed by atoms with van der Waals surface area (Å²) in [6, 6.07) is 9.88. The van der Waals surface area contributed by atoms with E-state index in [4.69, 9.17) is 4.74 Å². The first-order chi connectivity index (χ1) is 10.7. The molecule has 0 bridgehead atoms. The third kappa shape index (κ3) is 3.43. The summed E-state index contributed by atoms with van der Waals surface area (Å²) in [5.41, 5.74) is 1.14. The molecule has 2 aromatic rings. The molecular weight excluding hydrogens is 282 g/mol. The quantitative estimate of drug-likeness (QED) is 0.906. The number of anilines is 1. The summed E-state index contributed by atoms with van der Waals surface area (Å²) in [6.45, 7) is 0.633. The van der Waals surface area contributed by atoms with Gasteiger partial charge in [0.1, 0.15) is 6.33 Å². The van der Waals surface area contributed by atoms with Crippen LogP contribution in [0, 0.1) is 0 Å². The number of nitrogens with zero attached hydrogens (tertiary/aromatic N) is 3. The number of rotatable bonds is 3. The van der Waals surface area contributed by atoms with Crippen LogP contribution in [0.2, 0.25) is 0 Å². The molecule has 0 aliphatic carbocycles. The lowest BCUT2D eigenvalue weighted by Crippen LogP contribution is -2.42. The van der Waals surface area contributed by atoms with Crippen LogP contribution in [0.25, 0.3) is 0 Å². The van der Waals surface area contributed by atoms with Gasteiger partial charge in [-0.3, -0.25) is 5.32 Å². The van der Waals surface area contributed by atoms with Crippen molar-refractivity contribution in [2.75, 3.05) is 11.9 Å². The molecule has 1 aromatic heterocycles. The number of nitrogens with one attached hydrogen (secondary N) is 2. The maximum atomic E-state index is 12.0. The Bertz CT molecular complexity index is 628. The molecule has 3 rings (SSSR count). The van der Waals surface area contributed by atoms with Crippen LogP contribution in [0.3, 0.4) is 0 Å². The van der Waals surface area contributed by atoms with Crippen molar-refractivity contribution in [3.63, 3.8) is 0 Å². The Labute approximate surface area is 128 Å². The van der Waals surface area contributed by atoms with Gasteiger partial charge in [0, 0.05) is 19.7 Å². The fourth-order valence-electron chi connectivity index (χ4n) is 2.56. The number of carbonyl (C=O) groups is 1. The van der Waals surface area contributed by atoms with Gasteiger partial charge in [0.15, 0.2) is 0 Å². The molecule has 2 heterocycles. The molecule has 1 saturated heterocycles. The molecule has 2 atom stereocenters. The predicted octanol–water partition coefficient (Wildman–Crippen LogP) is 1.86. The van der Waals surface area contributed by atoms with Gasteiger partial charge in [-0.1, -0.05) is 30.3 Å². The van der Waals surface area contributed by atoms with Crippen molar-refractivity contribution in [3.8, 4) is 0 Å². The second-order valence-electron chi connectivity index (χ2n) is 5.30. The van der Waals surface area contributed by atoms with Crippen LogP contribution in [-0.2, 0) is 11.8 Å². The molecule has 22 heavy (non-hydrogen) atoms. The Morgan fingerprint density at radius 1 is 1.36 bits per heavy atom. The zero-order valence-corrected chi connectivity index (χ0v) is 12.4. The summed E-state index contributed by atoms with van der Waals surface area (Å²) in [7, 11) is 1.72. The molecule has 7 nitrogen and oxygen atoms in total. The fraction of sp³-hybridized carbons (Fsp3) is 0.400. The largest absolute Gasteiger partial charge is 0.373 e. The van der Waals surface area contributed by atoms with Crippen molar-refractivity contribution in [2.24, 2.45) is 7.05 Å². The molecule has 7 heteroatoms. The van der Waals surface area contributed by atoms with Gasteiger partial charge in [-0.05, 0) is 18.4 Å². The maximum absolute atomic E-state index is 12.0. The van der Waals surface area contributed by atoms with Gasteiger partial charge >= 0.3 is 6.03 Å². The zero-order valence-electron chi connectivity index (χ0n) is 12.4. The molecule has 1 aliphatic heterocycles. The molecular formula is C15H19N5O2. The standard InChI is InChI=1S/C15H19N5O2/c1-20-14(16-10-17-20)19-15(21)18-12-7-8-22-13(9-12)11-5-3-2-4-6-11/h2-6,10,12-13H,7-9H2,1H3,(H2,16,17,18,19,21)/t12-,13-/m1/s1. The van der Waals surface area contributed by atoms with Gasteiger partial charge in [0.05, 0.1) is 6.10 Å². The van der Waals surface area contributed by atoms with E-state index in [1.165, 1.54) is 11.0 Å². The van der Waals surface area contributed by atoms with Crippen LogP contribution >= 0.6 is 0 Å². The van der Waals surface area contributed by atoms with E-state index in [1.807, 2.05) is 30.3 Å². The van der Waals surface area contributed by atoms with E-state index < -0.39 is 0 Å². The van der Waals surface area contributed by atoms with Crippen LogP contribution in [-0.4, -0.2) is 33.4 Å². The molecule has 2 N–H and O–H groups in total. The molecule has 1 aliphatic rings. The van der Waals surface area contributed by atoms with Crippen molar-refractivity contribution >= 4 is 12.0 Å². The first kappa shape index (κ1) is 14.5. The lowest BCUT2D eigenvalue weighted by molar-refractivity contribution is 0.00253. The highest BCUT2D eigenvalue weighted by molar-refractivity contribution is 5.87. The molecule has 0 saturated carbocycles. The predicted molar refractivity (Wildman–Crippen MR) is 81.3 cm³/mol. The van der Waals surface area contributed by atoms with Crippen LogP contribution in [0.1, 0.15) is 24.5 Å². The third-order valence-electron chi connectivity index (χ3n) is 3.73. The molecule has 1 fully saturated rings. The topological polar surface area (TPSA) is 81.1 Å². The summed E-state index contributed by atoms with van der Waals surface area (Å²) < 4.78 is 7.31. The Morgan fingerprint density at radius 2 is 2.18 bits per heavy atom. The monoisotopic (exact) mass is 301 g/mol. The van der Waals surface area contributed by atoms with Crippen LogP contribution in [0.15, 0.2) is 36.7 Å². The SMILES string of the molecule is Cn1ncnc1NC(=O)N[C@@H]1CCO[C@@H](c2ccccc2)C1. The van der Waals surface area contributed by atoms with E-state index in [0.29, 0.717) is 12.6 Å². The van der Waals surface area contributed by atoms with Gasteiger partial charge in [0.2, 0.25) is 5.95 Å². The molecule has 2 amide bonds. The zero-order chi connectivity index (χ0) is 15.4. The minimum Gasteiger partial charge on any atom is -0.373 e. The summed E-state index contributed by atoms with van der Waals surface area (Å²) in [6.07, 6.45) is 2.98. The molecule has 0 radical (unpaired) electrons. The molecule has 1 aromatic carbocycles. The van der Waals surface area contributed by atoms with E-state index in [2.05, 4.69) is 20.7 Å². The summed E-state index contributed by atoms with van der Waals surface area (Å²) in [5, 5.41) is 9.57. The smallest absolute Gasteiger partial charge is 0.321 e. The number of hydrogen-bond donors (Lipinski definition) is 2. The summed E-state index contributed by atoms with van der Waals surface area (Å²) >= 11 is 0. The van der Waals surface area contributed by atoms with E-state index >= 15 is 0 Å². The number of carbonyl (C=O) groups excluding carboxylic acids is 1. The lowest BCUT2D eigenvalue weighted by atomic mass is 9.97. The number of benzene rings is 1. The highest BCUT2D eigenvalue weighted by Crippen LogP contribution is 2.27. The van der Waals surface area contributed by atoms with Crippen LogP contribution < -0.4 is 10.6 Å². The molecule has 0 spiro atoms. The van der Waals surface area contributed by atoms with Crippen molar-refractivity contribution in [1.29, 1.82) is 0 Å². The number of urea groups is 1. The number of ether oxygens (including phenoxy) is 1. The number of hydrogen-bond acceptors (Lipinski definition) is 4. The summed E-state index contributed by atoms with van der Waals surface area (Å²) in [4.78, 5) is 16.0. The Balaban J connectivity index is 1.56. The summed E-state index contributed by atoms with van der Waals surface area (Å²) in [5.74, 6) is 0.421. The van der Waals surface area contributed by atoms with Gasteiger partial charge in [0.25, 0.3) is 0 Å². The number of aromatic nitrogens is 3. The van der Waals surface area contributed by atoms with Crippen LogP contribution in [0.5, 0.6) is 0 Å². The third-order valence-corrected chi connectivity index (χ3v) is 3.73. The molecule has 0 unspecified atom stereocenters. The van der Waals surface area contributed by atoms with Crippen LogP contribution in [0.4, 0.5) is 10.7 Å². The fourth-order valence-corrected chi connectivity index (χ4v) is 2.56. The van der Waals surface area contributed by atoms with E-state index in [0.717, 1.165) is 18.4 Å². The molecule has 116 valence electrons. The highest BCUT2D eigenvalue weighted by atomic mass is 16.5.